The second-order valence-corrected chi connectivity index (χ2v) is 10.1. The molecule has 7 nitrogen and oxygen atoms in total. The van der Waals surface area contributed by atoms with Crippen LogP contribution in [0.3, 0.4) is 0 Å². The molecule has 2 aromatic carbocycles. The minimum Gasteiger partial charge on any atom is -0.362 e. The Labute approximate surface area is 204 Å². The van der Waals surface area contributed by atoms with Crippen LogP contribution in [0, 0.1) is 18.6 Å². The number of hydrogen-bond donors (Lipinski definition) is 2. The minimum atomic E-state index is -0.789. The van der Waals surface area contributed by atoms with Gasteiger partial charge in [-0.25, -0.2) is 23.7 Å². The monoisotopic (exact) mass is 492 g/mol. The fourth-order valence-corrected chi connectivity index (χ4v) is 5.80. The van der Waals surface area contributed by atoms with Crippen LogP contribution in [0.5, 0.6) is 0 Å². The first-order valence-corrected chi connectivity index (χ1v) is 12.3. The average Bonchev–Trinajstić information content (AvgIpc) is 3.25. The van der Waals surface area contributed by atoms with Gasteiger partial charge in [-0.1, -0.05) is 6.07 Å². The van der Waals surface area contributed by atoms with Gasteiger partial charge in [0.1, 0.15) is 22.8 Å². The van der Waals surface area contributed by atoms with Crippen molar-refractivity contribution in [2.24, 2.45) is 0 Å². The molecule has 0 radical (unpaired) electrons. The Morgan fingerprint density at radius 1 is 1.14 bits per heavy atom. The second-order valence-electron chi connectivity index (χ2n) is 8.85. The predicted octanol–water partition coefficient (Wildman–Crippen LogP) is 4.53. The van der Waals surface area contributed by atoms with Gasteiger partial charge in [-0.3, -0.25) is 4.79 Å². The number of aromatic nitrogens is 3. The number of carbonyl (C=O) groups excluding carboxylic acids is 1. The summed E-state index contributed by atoms with van der Waals surface area (Å²) < 4.78 is 29.6. The molecule has 35 heavy (non-hydrogen) atoms. The number of anilines is 2. The summed E-state index contributed by atoms with van der Waals surface area (Å²) >= 11 is 1.62. The van der Waals surface area contributed by atoms with Crippen molar-refractivity contribution in [3.63, 3.8) is 0 Å². The van der Waals surface area contributed by atoms with E-state index in [9.17, 15) is 13.6 Å². The van der Waals surface area contributed by atoms with E-state index in [1.54, 1.807) is 11.3 Å². The maximum atomic E-state index is 14.3. The van der Waals surface area contributed by atoms with Crippen LogP contribution >= 0.6 is 11.3 Å². The van der Waals surface area contributed by atoms with Gasteiger partial charge in [0.05, 0.1) is 26.6 Å². The van der Waals surface area contributed by atoms with Crippen LogP contribution < -0.4 is 15.5 Å². The number of fused-ring (bicyclic) bond motifs is 4. The molecule has 4 aromatic rings. The largest absolute Gasteiger partial charge is 0.362 e. The summed E-state index contributed by atoms with van der Waals surface area (Å²) in [5, 5.41) is 7.50. The molecule has 7 rings (SSSR count). The highest BCUT2D eigenvalue weighted by Crippen LogP contribution is 2.40. The lowest BCUT2D eigenvalue weighted by Crippen LogP contribution is -2.61. The van der Waals surface area contributed by atoms with E-state index in [0.717, 1.165) is 59.0 Å². The number of nitrogens with zero attached hydrogens (tertiary/aromatic N) is 4. The van der Waals surface area contributed by atoms with Crippen LogP contribution in [0.4, 0.5) is 20.2 Å². The number of aryl methyl sites for hydroxylation is 1. The van der Waals surface area contributed by atoms with Crippen LogP contribution in [0.2, 0.25) is 0 Å². The van der Waals surface area contributed by atoms with E-state index in [4.69, 9.17) is 4.98 Å². The summed E-state index contributed by atoms with van der Waals surface area (Å²) in [6, 6.07) is 9.53. The number of benzene rings is 2. The number of hydrogen-bond acceptors (Lipinski definition) is 7. The molecular formula is C25H22F2N6OS. The van der Waals surface area contributed by atoms with Gasteiger partial charge in [0.25, 0.3) is 5.91 Å². The van der Waals surface area contributed by atoms with E-state index in [2.05, 4.69) is 25.5 Å². The van der Waals surface area contributed by atoms with Gasteiger partial charge in [-0.15, -0.1) is 11.3 Å². The van der Waals surface area contributed by atoms with Crippen molar-refractivity contribution in [1.29, 1.82) is 0 Å². The highest BCUT2D eigenvalue weighted by atomic mass is 32.1. The molecule has 3 fully saturated rings. The van der Waals surface area contributed by atoms with Gasteiger partial charge >= 0.3 is 0 Å². The number of thiazole rings is 1. The van der Waals surface area contributed by atoms with E-state index in [0.29, 0.717) is 17.8 Å². The van der Waals surface area contributed by atoms with Gasteiger partial charge in [0, 0.05) is 31.4 Å². The number of piperidine rings is 2. The Morgan fingerprint density at radius 3 is 2.69 bits per heavy atom. The number of carbonyl (C=O) groups is 1. The van der Waals surface area contributed by atoms with Gasteiger partial charge < -0.3 is 15.5 Å². The molecule has 5 heterocycles. The molecule has 2 bridgehead atoms. The van der Waals surface area contributed by atoms with Crippen molar-refractivity contribution < 1.29 is 13.6 Å². The first kappa shape index (κ1) is 22.0. The lowest BCUT2D eigenvalue weighted by Gasteiger charge is -2.47. The quantitative estimate of drug-likeness (QED) is 0.436. The molecule has 2 aromatic heterocycles. The third-order valence-electron chi connectivity index (χ3n) is 6.60. The van der Waals surface area contributed by atoms with E-state index in [1.807, 2.05) is 19.1 Å². The summed E-state index contributed by atoms with van der Waals surface area (Å²) in [6.45, 7) is 3.70. The number of halogens is 2. The van der Waals surface area contributed by atoms with Crippen LogP contribution in [-0.4, -0.2) is 46.0 Å². The van der Waals surface area contributed by atoms with Crippen molar-refractivity contribution in [1.82, 2.24) is 20.3 Å². The first-order valence-electron chi connectivity index (χ1n) is 11.5. The van der Waals surface area contributed by atoms with E-state index in [-0.39, 0.29) is 17.1 Å². The number of nitrogens with one attached hydrogen (secondary N) is 2. The Bertz CT molecular complexity index is 1430. The number of piperazine rings is 1. The van der Waals surface area contributed by atoms with Crippen molar-refractivity contribution in [2.45, 2.75) is 31.8 Å². The minimum absolute atomic E-state index is 0.0139. The van der Waals surface area contributed by atoms with Crippen LogP contribution in [0.25, 0.3) is 21.6 Å². The fraction of sp³-hybridized carbons (Fsp3) is 0.280. The van der Waals surface area contributed by atoms with Crippen LogP contribution in [0.1, 0.15) is 28.3 Å². The van der Waals surface area contributed by atoms with E-state index < -0.39 is 17.5 Å². The Morgan fingerprint density at radius 2 is 1.97 bits per heavy atom. The molecule has 0 unspecified atom stereocenters. The zero-order valence-corrected chi connectivity index (χ0v) is 19.7. The van der Waals surface area contributed by atoms with E-state index in [1.165, 1.54) is 18.3 Å². The maximum Gasteiger partial charge on any atom is 0.274 e. The zero-order valence-electron chi connectivity index (χ0n) is 18.9. The summed E-state index contributed by atoms with van der Waals surface area (Å²) in [5.74, 6) is -2.25. The number of rotatable bonds is 4. The first-order chi connectivity index (χ1) is 17.0. The summed E-state index contributed by atoms with van der Waals surface area (Å²) in [5.41, 5.74) is 2.07. The topological polar surface area (TPSA) is 83.0 Å². The smallest absolute Gasteiger partial charge is 0.274 e. The summed E-state index contributed by atoms with van der Waals surface area (Å²) in [7, 11) is 0. The zero-order chi connectivity index (χ0) is 24.1. The third kappa shape index (κ3) is 3.92. The van der Waals surface area contributed by atoms with Gasteiger partial charge in [-0.05, 0) is 50.1 Å². The van der Waals surface area contributed by atoms with Crippen LogP contribution in [-0.2, 0) is 0 Å². The lowest BCUT2D eigenvalue weighted by molar-refractivity contribution is 0.102. The van der Waals surface area contributed by atoms with Gasteiger partial charge in [-0.2, -0.15) is 0 Å². The molecule has 3 saturated heterocycles. The summed E-state index contributed by atoms with van der Waals surface area (Å²) in [6.07, 6.45) is 3.53. The molecule has 3 aliphatic rings. The number of amides is 1. The second kappa shape index (κ2) is 8.62. The standard InChI is InChI=1S/C25H22F2N6OS/c1-13-30-22-20(35-13)8-7-18(23(22)33-12-14-5-6-15(33)11-29-14)32-25(34)19-9-10-28-24(31-19)21-16(26)3-2-4-17(21)27/h2-4,7-10,14-15,29H,5-6,11-12H2,1H3,(H,32,34)/t14-,15-/m1/s1. The van der Waals surface area contributed by atoms with Gasteiger partial charge in [0.15, 0.2) is 5.82 Å². The van der Waals surface area contributed by atoms with Gasteiger partial charge in [0.2, 0.25) is 0 Å². The molecule has 1 amide bonds. The molecule has 3 aliphatic heterocycles. The van der Waals surface area contributed by atoms with Crippen LogP contribution in [0.15, 0.2) is 42.6 Å². The maximum absolute atomic E-state index is 14.3. The Balaban J connectivity index is 1.38. The van der Waals surface area contributed by atoms with Crippen molar-refractivity contribution in [3.05, 3.63) is 64.9 Å². The molecule has 10 heteroatoms. The molecule has 0 aliphatic carbocycles. The highest BCUT2D eigenvalue weighted by Gasteiger charge is 2.36. The Hall–Kier alpha value is -3.50. The molecule has 2 atom stereocenters. The molecule has 2 N–H and O–H groups in total. The van der Waals surface area contributed by atoms with E-state index >= 15 is 0 Å². The summed E-state index contributed by atoms with van der Waals surface area (Å²) in [4.78, 5) is 28.6. The molecule has 0 saturated carbocycles. The van der Waals surface area contributed by atoms with Crippen molar-refractivity contribution >= 4 is 38.8 Å². The third-order valence-corrected chi connectivity index (χ3v) is 7.54. The molecular weight excluding hydrogens is 470 g/mol. The predicted molar refractivity (Wildman–Crippen MR) is 132 cm³/mol. The molecule has 178 valence electrons. The SMILES string of the molecule is Cc1nc2c(N3C[C@H]4CC[C@@H]3CN4)c(NC(=O)c3ccnc(-c4c(F)cccc4F)n3)ccc2s1. The lowest BCUT2D eigenvalue weighted by atomic mass is 9.92. The van der Waals surface area contributed by atoms with Crippen molar-refractivity contribution in [2.75, 3.05) is 23.3 Å². The average molecular weight is 493 g/mol. The highest BCUT2D eigenvalue weighted by molar-refractivity contribution is 7.18. The van der Waals surface area contributed by atoms with Crippen molar-refractivity contribution in [3.8, 4) is 11.4 Å². The Kier molecular flexibility index (Phi) is 5.42. The fourth-order valence-electron chi connectivity index (χ4n) is 4.97. The normalized spacial score (nSPS) is 19.3. The molecule has 0 spiro atoms.